The minimum Gasteiger partial charge on any atom is -0.479 e. The number of aromatic nitrogens is 2. The number of carbonyl (C=O) groups is 1. The van der Waals surface area contributed by atoms with E-state index in [1.165, 1.54) is 6.20 Å². The number of aliphatic hydroxyl groups excluding tert-OH is 1. The van der Waals surface area contributed by atoms with Crippen LogP contribution in [0.1, 0.15) is 12.7 Å². The molecule has 1 aromatic heterocycles. The van der Waals surface area contributed by atoms with Crippen molar-refractivity contribution >= 4 is 16.0 Å². The predicted octanol–water partition coefficient (Wildman–Crippen LogP) is -1.06. The van der Waals surface area contributed by atoms with Gasteiger partial charge in [-0.25, -0.2) is 22.9 Å². The number of nitrogens with zero attached hydrogens (tertiary/aromatic N) is 2. The molecule has 1 rings (SSSR count). The number of hydrogen-bond donors (Lipinski definition) is 3. The Morgan fingerprint density at radius 3 is 2.67 bits per heavy atom. The lowest BCUT2D eigenvalue weighted by Gasteiger charge is -2.06. The number of carboxylic acids is 1. The van der Waals surface area contributed by atoms with Crippen LogP contribution >= 0.6 is 0 Å². The Kier molecular flexibility index (Phi) is 4.43. The molecule has 18 heavy (non-hydrogen) atoms. The molecule has 8 nitrogen and oxygen atoms in total. The summed E-state index contributed by atoms with van der Waals surface area (Å²) in [6, 6.07) is 0. The number of carboxylic acid groups (broad SMARTS) is 1. The number of imidazole rings is 1. The topological polar surface area (TPSA) is 122 Å². The fourth-order valence-electron chi connectivity index (χ4n) is 1.28. The maximum atomic E-state index is 11.7. The highest BCUT2D eigenvalue weighted by atomic mass is 32.2. The zero-order chi connectivity index (χ0) is 13.9. The van der Waals surface area contributed by atoms with E-state index in [0.29, 0.717) is 12.4 Å². The molecule has 0 aromatic carbocycles. The molecule has 0 bridgehead atoms. The van der Waals surface area contributed by atoms with E-state index >= 15 is 0 Å². The average molecular weight is 277 g/mol. The average Bonchev–Trinajstić information content (AvgIpc) is 2.68. The summed E-state index contributed by atoms with van der Waals surface area (Å²) in [5.74, 6) is -0.954. The van der Waals surface area contributed by atoms with Crippen LogP contribution in [-0.2, 0) is 21.4 Å². The van der Waals surface area contributed by atoms with Crippen molar-refractivity contribution in [2.24, 2.45) is 0 Å². The van der Waals surface area contributed by atoms with Crippen LogP contribution in [-0.4, -0.2) is 46.8 Å². The molecule has 0 aliphatic rings. The Bertz CT molecular complexity index is 536. The standard InChI is InChI=1S/C9H15N3O5S/c1-3-12-5-8(11-6(12)2)18(16,17)10-4-7(13)9(14)15/h5,7,10,13H,3-4H2,1-2H3,(H,14,15). The summed E-state index contributed by atoms with van der Waals surface area (Å²) in [4.78, 5) is 14.2. The van der Waals surface area contributed by atoms with Gasteiger partial charge in [0, 0.05) is 19.3 Å². The number of sulfonamides is 1. The molecule has 1 heterocycles. The van der Waals surface area contributed by atoms with Gasteiger partial charge in [-0.1, -0.05) is 0 Å². The van der Waals surface area contributed by atoms with Crippen molar-refractivity contribution in [1.29, 1.82) is 0 Å². The lowest BCUT2D eigenvalue weighted by Crippen LogP contribution is -2.36. The van der Waals surface area contributed by atoms with Crippen molar-refractivity contribution in [2.45, 2.75) is 31.5 Å². The van der Waals surface area contributed by atoms with Crippen LogP contribution in [0.4, 0.5) is 0 Å². The van der Waals surface area contributed by atoms with E-state index < -0.39 is 28.6 Å². The van der Waals surface area contributed by atoms with E-state index in [4.69, 9.17) is 10.2 Å². The minimum atomic E-state index is -3.91. The summed E-state index contributed by atoms with van der Waals surface area (Å²) in [6.07, 6.45) is -0.431. The van der Waals surface area contributed by atoms with Crippen LogP contribution in [0.5, 0.6) is 0 Å². The molecule has 0 radical (unpaired) electrons. The molecule has 1 aromatic rings. The van der Waals surface area contributed by atoms with E-state index in [1.807, 2.05) is 11.6 Å². The second-order valence-electron chi connectivity index (χ2n) is 3.62. The van der Waals surface area contributed by atoms with Gasteiger partial charge in [0.25, 0.3) is 10.0 Å². The number of aryl methyl sites for hydroxylation is 2. The minimum absolute atomic E-state index is 0.195. The van der Waals surface area contributed by atoms with Crippen LogP contribution < -0.4 is 4.72 Å². The van der Waals surface area contributed by atoms with Crippen molar-refractivity contribution < 1.29 is 23.4 Å². The molecule has 1 unspecified atom stereocenters. The van der Waals surface area contributed by atoms with Crippen molar-refractivity contribution in [2.75, 3.05) is 6.54 Å². The van der Waals surface area contributed by atoms with E-state index in [-0.39, 0.29) is 5.03 Å². The van der Waals surface area contributed by atoms with Crippen LogP contribution in [0, 0.1) is 6.92 Å². The molecule has 0 saturated carbocycles. The molecule has 0 amide bonds. The molecule has 0 fully saturated rings. The summed E-state index contributed by atoms with van der Waals surface area (Å²) in [5, 5.41) is 17.2. The molecule has 9 heteroatoms. The fourth-order valence-corrected chi connectivity index (χ4v) is 2.32. The van der Waals surface area contributed by atoms with Gasteiger partial charge in [-0.05, 0) is 13.8 Å². The SMILES string of the molecule is CCn1cc(S(=O)(=O)NCC(O)C(=O)O)nc1C. The van der Waals surface area contributed by atoms with Crippen molar-refractivity contribution in [1.82, 2.24) is 14.3 Å². The summed E-state index contributed by atoms with van der Waals surface area (Å²) < 4.78 is 27.1. The van der Waals surface area contributed by atoms with Gasteiger partial charge in [0.1, 0.15) is 5.82 Å². The van der Waals surface area contributed by atoms with Crippen LogP contribution in [0.25, 0.3) is 0 Å². The summed E-state index contributed by atoms with van der Waals surface area (Å²) in [5.41, 5.74) is 0. The second kappa shape index (κ2) is 5.46. The molecule has 102 valence electrons. The molecule has 3 N–H and O–H groups in total. The van der Waals surface area contributed by atoms with Crippen molar-refractivity contribution in [3.8, 4) is 0 Å². The second-order valence-corrected chi connectivity index (χ2v) is 5.33. The largest absolute Gasteiger partial charge is 0.479 e. The van der Waals surface area contributed by atoms with Crippen molar-refractivity contribution in [3.05, 3.63) is 12.0 Å². The fraction of sp³-hybridized carbons (Fsp3) is 0.556. The van der Waals surface area contributed by atoms with E-state index in [9.17, 15) is 13.2 Å². The van der Waals surface area contributed by atoms with E-state index in [2.05, 4.69) is 4.98 Å². The lowest BCUT2D eigenvalue weighted by atomic mass is 10.4. The summed E-state index contributed by atoms with van der Waals surface area (Å²) in [7, 11) is -3.91. The molecule has 0 saturated heterocycles. The molecular formula is C9H15N3O5S. The molecule has 0 aliphatic carbocycles. The number of rotatable bonds is 6. The van der Waals surface area contributed by atoms with Gasteiger partial charge in [0.2, 0.25) is 0 Å². The third-order valence-corrected chi connectivity index (χ3v) is 3.62. The first kappa shape index (κ1) is 14.6. The zero-order valence-corrected chi connectivity index (χ0v) is 10.8. The number of hydrogen-bond acceptors (Lipinski definition) is 5. The van der Waals surface area contributed by atoms with Crippen LogP contribution in [0.3, 0.4) is 0 Å². The smallest absolute Gasteiger partial charge is 0.333 e. The van der Waals surface area contributed by atoms with Gasteiger partial charge in [0.15, 0.2) is 11.1 Å². The number of nitrogens with one attached hydrogen (secondary N) is 1. The Hall–Kier alpha value is -1.45. The Balaban J connectivity index is 2.83. The first-order valence-electron chi connectivity index (χ1n) is 5.22. The maximum Gasteiger partial charge on any atom is 0.333 e. The zero-order valence-electron chi connectivity index (χ0n) is 9.99. The third-order valence-electron chi connectivity index (χ3n) is 2.32. The first-order valence-corrected chi connectivity index (χ1v) is 6.70. The van der Waals surface area contributed by atoms with Gasteiger partial charge < -0.3 is 14.8 Å². The lowest BCUT2D eigenvalue weighted by molar-refractivity contribution is -0.146. The Labute approximate surface area is 104 Å². The van der Waals surface area contributed by atoms with Gasteiger partial charge in [-0.3, -0.25) is 0 Å². The van der Waals surface area contributed by atoms with E-state index in [0.717, 1.165) is 0 Å². The number of aliphatic hydroxyl groups is 1. The monoisotopic (exact) mass is 277 g/mol. The normalized spacial score (nSPS) is 13.5. The van der Waals surface area contributed by atoms with Crippen molar-refractivity contribution in [3.63, 3.8) is 0 Å². The third kappa shape index (κ3) is 3.28. The van der Waals surface area contributed by atoms with Gasteiger partial charge in [-0.2, -0.15) is 0 Å². The van der Waals surface area contributed by atoms with Crippen LogP contribution in [0.2, 0.25) is 0 Å². The Morgan fingerprint density at radius 2 is 2.22 bits per heavy atom. The molecule has 0 aliphatic heterocycles. The molecular weight excluding hydrogens is 262 g/mol. The van der Waals surface area contributed by atoms with E-state index in [1.54, 1.807) is 11.5 Å². The highest BCUT2D eigenvalue weighted by Gasteiger charge is 2.22. The number of aliphatic carboxylic acids is 1. The van der Waals surface area contributed by atoms with Gasteiger partial charge in [0.05, 0.1) is 0 Å². The predicted molar refractivity (Wildman–Crippen MR) is 61.5 cm³/mol. The molecule has 1 atom stereocenters. The first-order chi connectivity index (χ1) is 8.27. The van der Waals surface area contributed by atoms with Gasteiger partial charge >= 0.3 is 5.97 Å². The summed E-state index contributed by atoms with van der Waals surface area (Å²) >= 11 is 0. The maximum absolute atomic E-state index is 11.7. The Morgan fingerprint density at radius 1 is 1.61 bits per heavy atom. The van der Waals surface area contributed by atoms with Gasteiger partial charge in [-0.15, -0.1) is 0 Å². The highest BCUT2D eigenvalue weighted by Crippen LogP contribution is 2.08. The highest BCUT2D eigenvalue weighted by molar-refractivity contribution is 7.89. The molecule has 0 spiro atoms. The quantitative estimate of drug-likeness (QED) is 0.609. The summed E-state index contributed by atoms with van der Waals surface area (Å²) in [6.45, 7) is 3.48. The van der Waals surface area contributed by atoms with Crippen LogP contribution in [0.15, 0.2) is 11.2 Å².